The average molecular weight is 521 g/mol. The maximum atomic E-state index is 13.1. The van der Waals surface area contributed by atoms with E-state index in [9.17, 15) is 18.3 Å². The number of hydrogen-bond acceptors (Lipinski definition) is 8. The van der Waals surface area contributed by atoms with Crippen LogP contribution in [0.25, 0.3) is 11.3 Å². The first kappa shape index (κ1) is 26.8. The number of amides is 1. The smallest absolute Gasteiger partial charge is 0.421 e. The molecular formula is C24H32N4O5S2. The van der Waals surface area contributed by atoms with E-state index in [0.29, 0.717) is 41.5 Å². The molecule has 0 saturated carbocycles. The Morgan fingerprint density at radius 2 is 1.94 bits per heavy atom. The van der Waals surface area contributed by atoms with Crippen LogP contribution in [0.15, 0.2) is 40.9 Å². The number of hydrogen-bond donors (Lipinski definition) is 2. The van der Waals surface area contributed by atoms with Crippen LogP contribution < -0.4 is 4.72 Å². The zero-order valence-electron chi connectivity index (χ0n) is 20.4. The highest BCUT2D eigenvalue weighted by Gasteiger charge is 2.27. The average Bonchev–Trinajstić information content (AvgIpc) is 3.41. The van der Waals surface area contributed by atoms with Crippen LogP contribution in [-0.4, -0.2) is 40.8 Å². The largest absolute Gasteiger partial charge is 0.449 e. The quantitative estimate of drug-likeness (QED) is 0.356. The predicted octanol–water partition coefficient (Wildman–Crippen LogP) is 4.52. The molecule has 190 valence electrons. The minimum Gasteiger partial charge on any atom is -0.449 e. The van der Waals surface area contributed by atoms with E-state index in [1.165, 1.54) is 0 Å². The lowest BCUT2D eigenvalue weighted by Gasteiger charge is -2.11. The van der Waals surface area contributed by atoms with Gasteiger partial charge in [-0.25, -0.2) is 27.9 Å². The summed E-state index contributed by atoms with van der Waals surface area (Å²) in [6.45, 7) is 8.34. The number of carbonyl (C=O) groups excluding carboxylic acids is 1. The SMILES string of the molecule is CCCCOC(=O)NS(=O)(=O)c1sc(CC(C)C)nc1-c1ccc(Cn2ccnc2C(C)O)cc1. The van der Waals surface area contributed by atoms with Gasteiger partial charge in [-0.05, 0) is 24.8 Å². The van der Waals surface area contributed by atoms with Crippen molar-refractivity contribution >= 4 is 27.5 Å². The van der Waals surface area contributed by atoms with E-state index in [2.05, 4.69) is 9.97 Å². The number of aliphatic hydroxyl groups is 1. The van der Waals surface area contributed by atoms with Crippen LogP contribution in [0.2, 0.25) is 0 Å². The van der Waals surface area contributed by atoms with Gasteiger partial charge in [0.2, 0.25) is 0 Å². The van der Waals surface area contributed by atoms with Crippen molar-refractivity contribution in [2.24, 2.45) is 5.92 Å². The summed E-state index contributed by atoms with van der Waals surface area (Å²) in [5.74, 6) is 0.856. The summed E-state index contributed by atoms with van der Waals surface area (Å²) in [4.78, 5) is 20.9. The molecule has 1 unspecified atom stereocenters. The topological polar surface area (TPSA) is 123 Å². The number of nitrogens with zero attached hydrogens (tertiary/aromatic N) is 3. The van der Waals surface area contributed by atoms with Crippen LogP contribution in [0.1, 0.15) is 63.0 Å². The van der Waals surface area contributed by atoms with Crippen LogP contribution in [0.3, 0.4) is 0 Å². The maximum absolute atomic E-state index is 13.1. The number of rotatable bonds is 11. The molecule has 2 N–H and O–H groups in total. The molecule has 2 aromatic heterocycles. The molecule has 0 fully saturated rings. The van der Waals surface area contributed by atoms with E-state index >= 15 is 0 Å². The second kappa shape index (κ2) is 11.8. The summed E-state index contributed by atoms with van der Waals surface area (Å²) < 4.78 is 35.0. The van der Waals surface area contributed by atoms with Gasteiger partial charge in [-0.15, -0.1) is 11.3 Å². The molecule has 1 atom stereocenters. The Morgan fingerprint density at radius 3 is 2.57 bits per heavy atom. The van der Waals surface area contributed by atoms with Gasteiger partial charge in [-0.2, -0.15) is 0 Å². The Bertz CT molecular complexity index is 1230. The third-order valence-electron chi connectivity index (χ3n) is 5.12. The molecule has 0 aliphatic carbocycles. The number of benzene rings is 1. The zero-order valence-corrected chi connectivity index (χ0v) is 22.0. The first-order valence-corrected chi connectivity index (χ1v) is 13.9. The van der Waals surface area contributed by atoms with Crippen molar-refractivity contribution in [3.05, 3.63) is 53.1 Å². The summed E-state index contributed by atoms with van der Waals surface area (Å²) in [5, 5.41) is 10.6. The highest BCUT2D eigenvalue weighted by Crippen LogP contribution is 2.33. The number of unbranched alkanes of at least 4 members (excludes halogenated alkanes) is 1. The molecule has 2 heterocycles. The van der Waals surface area contributed by atoms with E-state index in [-0.39, 0.29) is 16.7 Å². The Balaban J connectivity index is 1.88. The molecular weight excluding hydrogens is 488 g/mol. The van der Waals surface area contributed by atoms with Crippen molar-refractivity contribution < 1.29 is 23.1 Å². The van der Waals surface area contributed by atoms with E-state index in [1.807, 2.05) is 42.2 Å². The fourth-order valence-electron chi connectivity index (χ4n) is 3.43. The predicted molar refractivity (Wildman–Crippen MR) is 135 cm³/mol. The van der Waals surface area contributed by atoms with Crippen LogP contribution in [-0.2, 0) is 27.7 Å². The standard InChI is InChI=1S/C24H32N4O5S2/c1-5-6-13-33-24(30)27-35(31,32)23-21(26-20(34-23)14-16(2)3)19-9-7-18(8-10-19)15-28-12-11-25-22(28)17(4)29/h7-12,16-17,29H,5-6,13-15H2,1-4H3,(H,27,30). The molecule has 9 nitrogen and oxygen atoms in total. The lowest BCUT2D eigenvalue weighted by molar-refractivity contribution is 0.151. The van der Waals surface area contributed by atoms with Crippen molar-refractivity contribution in [3.8, 4) is 11.3 Å². The van der Waals surface area contributed by atoms with Gasteiger partial charge in [0.05, 0.1) is 11.6 Å². The third kappa shape index (κ3) is 7.12. The van der Waals surface area contributed by atoms with E-state index in [1.54, 1.807) is 31.5 Å². The van der Waals surface area contributed by atoms with Gasteiger partial charge >= 0.3 is 6.09 Å². The van der Waals surface area contributed by atoms with E-state index in [4.69, 9.17) is 4.74 Å². The van der Waals surface area contributed by atoms with E-state index < -0.39 is 22.2 Å². The highest BCUT2D eigenvalue weighted by atomic mass is 32.2. The van der Waals surface area contributed by atoms with Gasteiger partial charge in [0, 0.05) is 30.9 Å². The molecule has 0 spiro atoms. The summed E-state index contributed by atoms with van der Waals surface area (Å²) in [6.07, 6.45) is 3.86. The molecule has 3 rings (SSSR count). The molecule has 11 heteroatoms. The Kier molecular flexibility index (Phi) is 9.03. The number of nitrogens with one attached hydrogen (secondary N) is 1. The van der Waals surface area contributed by atoms with Gasteiger partial charge in [-0.3, -0.25) is 0 Å². The van der Waals surface area contributed by atoms with Gasteiger partial charge in [0.25, 0.3) is 10.0 Å². The lowest BCUT2D eigenvalue weighted by atomic mass is 10.1. The number of ether oxygens (including phenoxy) is 1. The Labute approximate surface area is 210 Å². The minimum absolute atomic E-state index is 0.0145. The van der Waals surface area contributed by atoms with Crippen molar-refractivity contribution in [2.45, 2.75) is 63.8 Å². The molecule has 3 aromatic rings. The van der Waals surface area contributed by atoms with Crippen LogP contribution in [0, 0.1) is 5.92 Å². The van der Waals surface area contributed by atoms with Crippen LogP contribution in [0.4, 0.5) is 4.79 Å². The number of carbonyl (C=O) groups is 1. The summed E-state index contributed by atoms with van der Waals surface area (Å²) in [6, 6.07) is 7.37. The zero-order chi connectivity index (χ0) is 25.6. The fourth-order valence-corrected chi connectivity index (χ4v) is 6.10. The monoisotopic (exact) mass is 520 g/mol. The Hall–Kier alpha value is -2.76. The molecule has 0 bridgehead atoms. The Morgan fingerprint density at radius 1 is 1.23 bits per heavy atom. The molecule has 35 heavy (non-hydrogen) atoms. The van der Waals surface area contributed by atoms with Crippen molar-refractivity contribution in [1.29, 1.82) is 0 Å². The van der Waals surface area contributed by atoms with Gasteiger partial charge < -0.3 is 14.4 Å². The highest BCUT2D eigenvalue weighted by molar-refractivity contribution is 7.92. The molecule has 0 aliphatic heterocycles. The number of aliphatic hydroxyl groups excluding tert-OH is 1. The first-order valence-electron chi connectivity index (χ1n) is 11.6. The number of imidazole rings is 1. The van der Waals surface area contributed by atoms with Crippen LogP contribution in [0.5, 0.6) is 0 Å². The van der Waals surface area contributed by atoms with Crippen molar-refractivity contribution in [3.63, 3.8) is 0 Å². The normalized spacial score (nSPS) is 12.6. The molecule has 0 aliphatic rings. The lowest BCUT2D eigenvalue weighted by Crippen LogP contribution is -2.31. The minimum atomic E-state index is -4.17. The number of thiazole rings is 1. The molecule has 0 saturated heterocycles. The summed E-state index contributed by atoms with van der Waals surface area (Å²) in [5.41, 5.74) is 1.88. The van der Waals surface area contributed by atoms with E-state index in [0.717, 1.165) is 23.3 Å². The molecule has 1 amide bonds. The summed E-state index contributed by atoms with van der Waals surface area (Å²) in [7, 11) is -4.17. The summed E-state index contributed by atoms with van der Waals surface area (Å²) >= 11 is 1.06. The first-order chi connectivity index (χ1) is 16.6. The number of aromatic nitrogens is 3. The van der Waals surface area contributed by atoms with Crippen LogP contribution >= 0.6 is 11.3 Å². The van der Waals surface area contributed by atoms with Crippen molar-refractivity contribution in [1.82, 2.24) is 19.3 Å². The van der Waals surface area contributed by atoms with Gasteiger partial charge in [0.1, 0.15) is 17.6 Å². The van der Waals surface area contributed by atoms with Gasteiger partial charge in [0.15, 0.2) is 4.21 Å². The molecule has 1 aromatic carbocycles. The van der Waals surface area contributed by atoms with Gasteiger partial charge in [-0.1, -0.05) is 51.5 Å². The number of sulfonamides is 1. The molecule has 0 radical (unpaired) electrons. The third-order valence-corrected chi connectivity index (χ3v) is 8.02. The maximum Gasteiger partial charge on any atom is 0.421 e. The van der Waals surface area contributed by atoms with Crippen molar-refractivity contribution in [2.75, 3.05) is 6.61 Å². The fraction of sp³-hybridized carbons (Fsp3) is 0.458. The second-order valence-electron chi connectivity index (χ2n) is 8.72. The second-order valence-corrected chi connectivity index (χ2v) is 11.7.